The second kappa shape index (κ2) is 11.1. The van der Waals surface area contributed by atoms with Gasteiger partial charge in [-0.15, -0.1) is 0 Å². The van der Waals surface area contributed by atoms with Crippen LogP contribution in [-0.2, 0) is 16.0 Å². The SMILES string of the molecule is CCOC(=O)C(C)CCC1CCN(CCCc2ccc3c(c2)Nc2nccnc2S3)CC1. The predicted molar refractivity (Wildman–Crippen MR) is 128 cm³/mol. The fraction of sp³-hybridized carbons (Fsp3) is 0.560. The zero-order chi connectivity index (χ0) is 22.3. The molecule has 0 saturated carbocycles. The monoisotopic (exact) mass is 454 g/mol. The largest absolute Gasteiger partial charge is 0.466 e. The summed E-state index contributed by atoms with van der Waals surface area (Å²) in [5.74, 6) is 1.58. The molecule has 2 aliphatic rings. The number of aryl methyl sites for hydroxylation is 1. The molecule has 1 fully saturated rings. The van der Waals surface area contributed by atoms with Gasteiger partial charge in [-0.25, -0.2) is 9.97 Å². The Morgan fingerprint density at radius 3 is 2.91 bits per heavy atom. The van der Waals surface area contributed by atoms with Gasteiger partial charge in [0.05, 0.1) is 18.2 Å². The van der Waals surface area contributed by atoms with Crippen LogP contribution in [0.1, 0.15) is 51.5 Å². The number of benzene rings is 1. The normalized spacial score (nSPS) is 17.2. The minimum Gasteiger partial charge on any atom is -0.466 e. The third-order valence-electron chi connectivity index (χ3n) is 6.51. The van der Waals surface area contributed by atoms with Gasteiger partial charge < -0.3 is 15.0 Å². The highest BCUT2D eigenvalue weighted by Gasteiger charge is 2.22. The molecule has 6 nitrogen and oxygen atoms in total. The summed E-state index contributed by atoms with van der Waals surface area (Å²) < 4.78 is 5.13. The Hall–Kier alpha value is -2.12. The second-order valence-electron chi connectivity index (χ2n) is 8.89. The van der Waals surface area contributed by atoms with Gasteiger partial charge in [0, 0.05) is 17.3 Å². The zero-order valence-electron chi connectivity index (χ0n) is 19.2. The summed E-state index contributed by atoms with van der Waals surface area (Å²) in [5.41, 5.74) is 2.50. The summed E-state index contributed by atoms with van der Waals surface area (Å²) in [6.45, 7) is 7.85. The summed E-state index contributed by atoms with van der Waals surface area (Å²) >= 11 is 1.68. The number of carbonyl (C=O) groups is 1. The number of carbonyl (C=O) groups excluding carboxylic acids is 1. The lowest BCUT2D eigenvalue weighted by molar-refractivity contribution is -0.147. The molecule has 1 aromatic carbocycles. The van der Waals surface area contributed by atoms with Crippen LogP contribution in [0, 0.1) is 11.8 Å². The van der Waals surface area contributed by atoms with Gasteiger partial charge in [-0.05, 0) is 88.7 Å². The first-order valence-electron chi connectivity index (χ1n) is 11.9. The van der Waals surface area contributed by atoms with Crippen molar-refractivity contribution in [3.05, 3.63) is 36.2 Å². The van der Waals surface area contributed by atoms with Gasteiger partial charge in [-0.2, -0.15) is 0 Å². The molecule has 0 amide bonds. The van der Waals surface area contributed by atoms with E-state index in [1.807, 2.05) is 13.8 Å². The van der Waals surface area contributed by atoms with Crippen LogP contribution in [0.25, 0.3) is 0 Å². The van der Waals surface area contributed by atoms with Crippen molar-refractivity contribution >= 4 is 29.2 Å². The van der Waals surface area contributed by atoms with Crippen molar-refractivity contribution in [3.8, 4) is 0 Å². The molecule has 7 heteroatoms. The summed E-state index contributed by atoms with van der Waals surface area (Å²) in [4.78, 5) is 24.4. The Morgan fingerprint density at radius 1 is 1.28 bits per heavy atom. The highest BCUT2D eigenvalue weighted by Crippen LogP contribution is 2.42. The van der Waals surface area contributed by atoms with Gasteiger partial charge in [-0.1, -0.05) is 24.8 Å². The van der Waals surface area contributed by atoms with Crippen LogP contribution in [0.2, 0.25) is 0 Å². The number of anilines is 2. The Labute approximate surface area is 195 Å². The van der Waals surface area contributed by atoms with Crippen molar-refractivity contribution in [2.75, 3.05) is 31.6 Å². The van der Waals surface area contributed by atoms with Crippen molar-refractivity contribution in [2.45, 2.75) is 62.3 Å². The third-order valence-corrected chi connectivity index (χ3v) is 7.58. The first-order chi connectivity index (χ1) is 15.6. The summed E-state index contributed by atoms with van der Waals surface area (Å²) in [7, 11) is 0. The maximum Gasteiger partial charge on any atom is 0.308 e. The van der Waals surface area contributed by atoms with Crippen LogP contribution >= 0.6 is 11.8 Å². The van der Waals surface area contributed by atoms with E-state index in [0.29, 0.717) is 6.61 Å². The van der Waals surface area contributed by atoms with E-state index in [2.05, 4.69) is 38.4 Å². The average Bonchev–Trinajstić information content (AvgIpc) is 2.82. The summed E-state index contributed by atoms with van der Waals surface area (Å²) in [6.07, 6.45) is 10.3. The van der Waals surface area contributed by atoms with E-state index >= 15 is 0 Å². The van der Waals surface area contributed by atoms with Gasteiger partial charge >= 0.3 is 5.97 Å². The number of esters is 1. The molecule has 2 aliphatic heterocycles. The molecular formula is C25H34N4O2S. The fourth-order valence-corrected chi connectivity index (χ4v) is 5.41. The number of nitrogens with zero attached hydrogens (tertiary/aromatic N) is 3. The third kappa shape index (κ3) is 6.01. The van der Waals surface area contributed by atoms with Gasteiger partial charge in [0.2, 0.25) is 0 Å². The molecule has 1 aromatic heterocycles. The van der Waals surface area contributed by atoms with Gasteiger partial charge in [0.15, 0.2) is 5.82 Å². The van der Waals surface area contributed by atoms with Crippen LogP contribution < -0.4 is 5.32 Å². The van der Waals surface area contributed by atoms with Crippen LogP contribution in [0.5, 0.6) is 0 Å². The molecule has 1 N–H and O–H groups in total. The standard InChI is InChI=1S/C25H34N4O2S/c1-3-31-25(30)18(2)6-7-19-10-15-29(16-11-19)14-4-5-20-8-9-22-21(17-20)28-23-24(32-22)27-13-12-26-23/h8-9,12-13,17-19H,3-7,10-11,14-16H2,1-2H3,(H,26,28). The second-order valence-corrected chi connectivity index (χ2v) is 9.92. The number of likely N-dealkylation sites (tertiary alicyclic amines) is 1. The van der Waals surface area contributed by atoms with Gasteiger partial charge in [-0.3, -0.25) is 4.79 Å². The molecule has 1 saturated heterocycles. The highest BCUT2D eigenvalue weighted by molar-refractivity contribution is 7.99. The minimum absolute atomic E-state index is 0.0259. The molecular weight excluding hydrogens is 420 g/mol. The molecule has 1 atom stereocenters. The molecule has 0 spiro atoms. The van der Waals surface area contributed by atoms with Crippen molar-refractivity contribution < 1.29 is 9.53 Å². The lowest BCUT2D eigenvalue weighted by Gasteiger charge is -2.32. The first-order valence-corrected chi connectivity index (χ1v) is 12.7. The number of piperidine rings is 1. The topological polar surface area (TPSA) is 67.3 Å². The van der Waals surface area contributed by atoms with Crippen LogP contribution in [-0.4, -0.2) is 47.1 Å². The van der Waals surface area contributed by atoms with E-state index in [1.165, 1.54) is 42.8 Å². The number of rotatable bonds is 9. The number of ether oxygens (including phenoxy) is 1. The van der Waals surface area contributed by atoms with E-state index in [-0.39, 0.29) is 11.9 Å². The molecule has 2 aromatic rings. The molecule has 0 radical (unpaired) electrons. The van der Waals surface area contributed by atoms with E-state index in [9.17, 15) is 4.79 Å². The van der Waals surface area contributed by atoms with E-state index in [0.717, 1.165) is 48.3 Å². The van der Waals surface area contributed by atoms with Crippen molar-refractivity contribution in [3.63, 3.8) is 0 Å². The van der Waals surface area contributed by atoms with Crippen molar-refractivity contribution in [1.29, 1.82) is 0 Å². The molecule has 4 rings (SSSR count). The lowest BCUT2D eigenvalue weighted by atomic mass is 9.89. The highest BCUT2D eigenvalue weighted by atomic mass is 32.2. The summed E-state index contributed by atoms with van der Waals surface area (Å²) in [6, 6.07) is 6.70. The Morgan fingerprint density at radius 2 is 2.09 bits per heavy atom. The van der Waals surface area contributed by atoms with Crippen LogP contribution in [0.15, 0.2) is 40.5 Å². The summed E-state index contributed by atoms with van der Waals surface area (Å²) in [5, 5.41) is 4.36. The number of hydrogen-bond donors (Lipinski definition) is 1. The minimum atomic E-state index is -0.0435. The zero-order valence-corrected chi connectivity index (χ0v) is 20.0. The van der Waals surface area contributed by atoms with Gasteiger partial charge in [0.25, 0.3) is 0 Å². The van der Waals surface area contributed by atoms with E-state index in [1.54, 1.807) is 24.2 Å². The number of fused-ring (bicyclic) bond motifs is 2. The van der Waals surface area contributed by atoms with Crippen molar-refractivity contribution in [1.82, 2.24) is 14.9 Å². The molecule has 1 unspecified atom stereocenters. The van der Waals surface area contributed by atoms with Crippen molar-refractivity contribution in [2.24, 2.45) is 11.8 Å². The Bertz CT molecular complexity index is 915. The average molecular weight is 455 g/mol. The molecule has 0 aliphatic carbocycles. The smallest absolute Gasteiger partial charge is 0.308 e. The first kappa shape index (κ1) is 23.1. The number of aromatic nitrogens is 2. The van der Waals surface area contributed by atoms with Crippen LogP contribution in [0.3, 0.4) is 0 Å². The maximum absolute atomic E-state index is 11.8. The fourth-order valence-electron chi connectivity index (χ4n) is 4.53. The quantitative estimate of drug-likeness (QED) is 0.440. The number of nitrogens with one attached hydrogen (secondary N) is 1. The van der Waals surface area contributed by atoms with Crippen LogP contribution in [0.4, 0.5) is 11.5 Å². The number of hydrogen-bond acceptors (Lipinski definition) is 7. The molecule has 32 heavy (non-hydrogen) atoms. The molecule has 0 bridgehead atoms. The van der Waals surface area contributed by atoms with E-state index < -0.39 is 0 Å². The maximum atomic E-state index is 11.8. The van der Waals surface area contributed by atoms with E-state index in [4.69, 9.17) is 4.74 Å². The molecule has 3 heterocycles. The Balaban J connectivity index is 1.16. The Kier molecular flexibility index (Phi) is 8.03. The lowest BCUT2D eigenvalue weighted by Crippen LogP contribution is -2.34. The predicted octanol–water partition coefficient (Wildman–Crippen LogP) is 5.31. The van der Waals surface area contributed by atoms with Gasteiger partial charge in [0.1, 0.15) is 5.03 Å². The molecule has 172 valence electrons.